The van der Waals surface area contributed by atoms with Crippen molar-refractivity contribution in [2.75, 3.05) is 0 Å². The van der Waals surface area contributed by atoms with Crippen LogP contribution in [-0.2, 0) is 16.1 Å². The Morgan fingerprint density at radius 1 is 0.952 bits per heavy atom. The fourth-order valence-corrected chi connectivity index (χ4v) is 5.06. The third kappa shape index (κ3) is 1.30. The van der Waals surface area contributed by atoms with E-state index in [0.29, 0.717) is 23.8 Å². The van der Waals surface area contributed by atoms with E-state index in [1.54, 1.807) is 0 Å². The summed E-state index contributed by atoms with van der Waals surface area (Å²) in [6, 6.07) is 9.80. The van der Waals surface area contributed by atoms with Crippen molar-refractivity contribution < 1.29 is 9.59 Å². The zero-order valence-electron chi connectivity index (χ0n) is 11.7. The van der Waals surface area contributed by atoms with Crippen LogP contribution in [0.3, 0.4) is 0 Å². The Morgan fingerprint density at radius 2 is 1.52 bits per heavy atom. The van der Waals surface area contributed by atoms with E-state index in [0.717, 1.165) is 5.56 Å². The van der Waals surface area contributed by atoms with Crippen LogP contribution in [0.25, 0.3) is 0 Å². The number of fused-ring (bicyclic) bond motifs is 3. The Morgan fingerprint density at radius 3 is 2.05 bits per heavy atom. The van der Waals surface area contributed by atoms with Crippen molar-refractivity contribution >= 4 is 11.8 Å². The molecule has 0 unspecified atom stereocenters. The van der Waals surface area contributed by atoms with E-state index in [4.69, 9.17) is 0 Å². The van der Waals surface area contributed by atoms with Gasteiger partial charge in [0, 0.05) is 0 Å². The average Bonchev–Trinajstić information content (AvgIpc) is 3.11. The fourth-order valence-electron chi connectivity index (χ4n) is 5.06. The van der Waals surface area contributed by atoms with Gasteiger partial charge >= 0.3 is 0 Å². The van der Waals surface area contributed by atoms with E-state index in [2.05, 4.69) is 12.2 Å². The lowest BCUT2D eigenvalue weighted by Gasteiger charge is -2.21. The standard InChI is InChI=1S/C18H17NO2/c20-16-14-12-6-7-13(18(12)8-9-18)15(14)17(21)19(16)10-11-4-2-1-3-5-11/h1-7,12-15H,8-10H2/t12-,13+,14-,15+. The van der Waals surface area contributed by atoms with Gasteiger partial charge in [0.15, 0.2) is 0 Å². The average molecular weight is 279 g/mol. The van der Waals surface area contributed by atoms with Gasteiger partial charge in [-0.3, -0.25) is 14.5 Å². The summed E-state index contributed by atoms with van der Waals surface area (Å²) in [5, 5.41) is 0. The largest absolute Gasteiger partial charge is 0.278 e. The van der Waals surface area contributed by atoms with Gasteiger partial charge in [0.1, 0.15) is 0 Å². The summed E-state index contributed by atoms with van der Waals surface area (Å²) in [5.41, 5.74) is 1.32. The SMILES string of the molecule is O=C1[C@@H]2[C@H](C(=O)N1Cc1ccccc1)[C@H]1C=C[C@@H]2C12CC2. The molecule has 1 aromatic rings. The van der Waals surface area contributed by atoms with Gasteiger partial charge < -0.3 is 0 Å². The molecule has 1 spiro atoms. The lowest BCUT2D eigenvalue weighted by Crippen LogP contribution is -2.34. The Balaban J connectivity index is 1.48. The smallest absolute Gasteiger partial charge is 0.234 e. The monoisotopic (exact) mass is 279 g/mol. The fraction of sp³-hybridized carbons (Fsp3) is 0.444. The van der Waals surface area contributed by atoms with Crippen LogP contribution in [0.15, 0.2) is 42.5 Å². The summed E-state index contributed by atoms with van der Waals surface area (Å²) in [7, 11) is 0. The normalized spacial score (nSPS) is 37.6. The molecule has 21 heavy (non-hydrogen) atoms. The molecule has 1 heterocycles. The topological polar surface area (TPSA) is 37.4 Å². The highest BCUT2D eigenvalue weighted by atomic mass is 16.2. The number of carbonyl (C=O) groups excluding carboxylic acids is 2. The molecule has 3 aliphatic carbocycles. The number of hydrogen-bond acceptors (Lipinski definition) is 2. The summed E-state index contributed by atoms with van der Waals surface area (Å²) in [6.45, 7) is 0.429. The van der Waals surface area contributed by atoms with Crippen molar-refractivity contribution in [1.29, 1.82) is 0 Å². The quantitative estimate of drug-likeness (QED) is 0.616. The molecule has 3 fully saturated rings. The second-order valence-corrected chi connectivity index (χ2v) is 6.97. The van der Waals surface area contributed by atoms with Gasteiger partial charge in [-0.05, 0) is 35.7 Å². The zero-order chi connectivity index (χ0) is 14.2. The van der Waals surface area contributed by atoms with Gasteiger partial charge in [-0.1, -0.05) is 42.5 Å². The summed E-state index contributed by atoms with van der Waals surface area (Å²) in [4.78, 5) is 27.1. The molecule has 5 rings (SSSR count). The van der Waals surface area contributed by atoms with Crippen LogP contribution in [0.5, 0.6) is 0 Å². The molecular formula is C18H17NO2. The van der Waals surface area contributed by atoms with Crippen LogP contribution in [-0.4, -0.2) is 16.7 Å². The van der Waals surface area contributed by atoms with Crippen LogP contribution in [0.4, 0.5) is 0 Å². The number of carbonyl (C=O) groups is 2. The lowest BCUT2D eigenvalue weighted by molar-refractivity contribution is -0.141. The van der Waals surface area contributed by atoms with Gasteiger partial charge in [-0.15, -0.1) is 0 Å². The molecule has 4 atom stereocenters. The molecule has 1 aromatic carbocycles. The molecular weight excluding hydrogens is 262 g/mol. The van der Waals surface area contributed by atoms with Gasteiger partial charge in [-0.2, -0.15) is 0 Å². The van der Waals surface area contributed by atoms with Gasteiger partial charge in [-0.25, -0.2) is 0 Å². The molecule has 1 aliphatic heterocycles. The predicted molar refractivity (Wildman–Crippen MR) is 76.8 cm³/mol. The molecule has 2 amide bonds. The van der Waals surface area contributed by atoms with Crippen molar-refractivity contribution in [2.24, 2.45) is 29.1 Å². The maximum absolute atomic E-state index is 12.8. The first-order chi connectivity index (χ1) is 10.2. The highest BCUT2D eigenvalue weighted by Gasteiger charge is 2.73. The number of nitrogens with zero attached hydrogens (tertiary/aromatic N) is 1. The highest BCUT2D eigenvalue weighted by Crippen LogP contribution is 2.73. The molecule has 0 aromatic heterocycles. The predicted octanol–water partition coefficient (Wildman–Crippen LogP) is 2.38. The number of imide groups is 1. The second-order valence-electron chi connectivity index (χ2n) is 6.97. The van der Waals surface area contributed by atoms with E-state index in [9.17, 15) is 9.59 Å². The van der Waals surface area contributed by atoms with Crippen molar-refractivity contribution in [3.63, 3.8) is 0 Å². The van der Waals surface area contributed by atoms with Crippen molar-refractivity contribution in [3.05, 3.63) is 48.0 Å². The summed E-state index contributed by atoms with van der Waals surface area (Å²) in [6.07, 6.45) is 6.83. The molecule has 0 N–H and O–H groups in total. The Kier molecular flexibility index (Phi) is 2.04. The highest BCUT2D eigenvalue weighted by molar-refractivity contribution is 6.06. The minimum atomic E-state index is -0.0706. The Labute approximate surface area is 123 Å². The zero-order valence-corrected chi connectivity index (χ0v) is 11.7. The molecule has 3 heteroatoms. The number of allylic oxidation sites excluding steroid dienone is 2. The van der Waals surface area contributed by atoms with Crippen LogP contribution in [0.1, 0.15) is 18.4 Å². The van der Waals surface area contributed by atoms with E-state index < -0.39 is 0 Å². The van der Waals surface area contributed by atoms with E-state index >= 15 is 0 Å². The number of benzene rings is 1. The van der Waals surface area contributed by atoms with Crippen LogP contribution in [0, 0.1) is 29.1 Å². The third-order valence-corrected chi connectivity index (χ3v) is 6.13. The number of hydrogen-bond donors (Lipinski definition) is 0. The number of amides is 2. The molecule has 2 saturated carbocycles. The lowest BCUT2D eigenvalue weighted by atomic mass is 9.85. The van der Waals surface area contributed by atoms with E-state index in [1.165, 1.54) is 17.7 Å². The molecule has 1 saturated heterocycles. The van der Waals surface area contributed by atoms with Crippen molar-refractivity contribution in [3.8, 4) is 0 Å². The summed E-state index contributed by atoms with van der Waals surface area (Å²) < 4.78 is 0. The van der Waals surface area contributed by atoms with E-state index in [1.807, 2.05) is 30.3 Å². The summed E-state index contributed by atoms with van der Waals surface area (Å²) in [5.74, 6) is 0.640. The number of likely N-dealkylation sites (tertiary alicyclic amines) is 1. The van der Waals surface area contributed by atoms with Crippen LogP contribution >= 0.6 is 0 Å². The molecule has 106 valence electrons. The maximum Gasteiger partial charge on any atom is 0.234 e. The van der Waals surface area contributed by atoms with Gasteiger partial charge in [0.2, 0.25) is 11.8 Å². The molecule has 2 bridgehead atoms. The Bertz CT molecular complexity index is 640. The molecule has 0 radical (unpaired) electrons. The number of rotatable bonds is 2. The Hall–Kier alpha value is -1.90. The van der Waals surface area contributed by atoms with Gasteiger partial charge in [0.25, 0.3) is 0 Å². The van der Waals surface area contributed by atoms with Crippen molar-refractivity contribution in [2.45, 2.75) is 19.4 Å². The van der Waals surface area contributed by atoms with Crippen LogP contribution in [0.2, 0.25) is 0 Å². The molecule has 3 nitrogen and oxygen atoms in total. The maximum atomic E-state index is 12.8. The van der Waals surface area contributed by atoms with Crippen LogP contribution < -0.4 is 0 Å². The summed E-state index contributed by atoms with van der Waals surface area (Å²) >= 11 is 0. The van der Waals surface area contributed by atoms with Crippen molar-refractivity contribution in [1.82, 2.24) is 4.90 Å². The first-order valence-corrected chi connectivity index (χ1v) is 7.80. The second kappa shape index (κ2) is 3.65. The van der Waals surface area contributed by atoms with Gasteiger partial charge in [0.05, 0.1) is 18.4 Å². The minimum Gasteiger partial charge on any atom is -0.278 e. The minimum absolute atomic E-state index is 0.0666. The first-order valence-electron chi connectivity index (χ1n) is 7.80. The van der Waals surface area contributed by atoms with E-state index in [-0.39, 0.29) is 23.7 Å². The first kappa shape index (κ1) is 11.7. The third-order valence-electron chi connectivity index (χ3n) is 6.13. The molecule has 4 aliphatic rings.